The van der Waals surface area contributed by atoms with Crippen LogP contribution in [0.3, 0.4) is 0 Å². The lowest BCUT2D eigenvalue weighted by atomic mass is 10.2. The Morgan fingerprint density at radius 2 is 1.89 bits per heavy atom. The molecule has 1 unspecified atom stereocenters. The zero-order valence-electron chi connectivity index (χ0n) is 11.0. The first-order valence-corrected chi connectivity index (χ1v) is 5.94. The lowest BCUT2D eigenvalue weighted by Crippen LogP contribution is -2.46. The maximum Gasteiger partial charge on any atom is 0.321 e. The molecule has 0 aromatic heterocycles. The van der Waals surface area contributed by atoms with Crippen molar-refractivity contribution >= 4 is 17.9 Å². The number of likely N-dealkylation sites (N-methyl/N-ethyl adjacent to an activating group) is 1. The summed E-state index contributed by atoms with van der Waals surface area (Å²) in [6.07, 6.45) is -0.0394. The smallest absolute Gasteiger partial charge is 0.321 e. The number of carboxylic acids is 1. The summed E-state index contributed by atoms with van der Waals surface area (Å²) in [5.74, 6) is -1.36. The number of hydrogen-bond donors (Lipinski definition) is 3. The molecule has 0 heterocycles. The fourth-order valence-corrected chi connectivity index (χ4v) is 1.52. The van der Waals surface area contributed by atoms with Crippen molar-refractivity contribution in [1.29, 1.82) is 0 Å². The molecular weight excluding hydrogens is 238 g/mol. The normalized spacial score (nSPS) is 12.0. The zero-order valence-corrected chi connectivity index (χ0v) is 11.0. The second-order valence-electron chi connectivity index (χ2n) is 3.92. The van der Waals surface area contributed by atoms with Gasteiger partial charge in [0.25, 0.3) is 0 Å². The van der Waals surface area contributed by atoms with Crippen molar-refractivity contribution in [2.45, 2.75) is 33.2 Å². The summed E-state index contributed by atoms with van der Waals surface area (Å²) in [6, 6.07) is -0.795. The van der Waals surface area contributed by atoms with E-state index >= 15 is 0 Å². The molecule has 0 aliphatic carbocycles. The number of amides is 3. The number of rotatable bonds is 7. The molecule has 0 aliphatic heterocycles. The molecule has 0 saturated carbocycles. The van der Waals surface area contributed by atoms with E-state index in [-0.39, 0.29) is 19.0 Å². The number of nitrogens with one attached hydrogen (secondary N) is 2. The summed E-state index contributed by atoms with van der Waals surface area (Å²) < 4.78 is 0. The van der Waals surface area contributed by atoms with Crippen LogP contribution in [0.15, 0.2) is 0 Å². The number of carbonyl (C=O) groups is 3. The van der Waals surface area contributed by atoms with Gasteiger partial charge < -0.3 is 10.4 Å². The molecule has 3 amide bonds. The van der Waals surface area contributed by atoms with Crippen LogP contribution in [0.5, 0.6) is 0 Å². The lowest BCUT2D eigenvalue weighted by molar-refractivity contribution is -0.138. The van der Waals surface area contributed by atoms with Gasteiger partial charge in [-0.15, -0.1) is 0 Å². The number of carboxylic acid groups (broad SMARTS) is 1. The summed E-state index contributed by atoms with van der Waals surface area (Å²) >= 11 is 0. The van der Waals surface area contributed by atoms with E-state index in [4.69, 9.17) is 5.11 Å². The highest BCUT2D eigenvalue weighted by molar-refractivity contribution is 5.95. The third kappa shape index (κ3) is 6.85. The second-order valence-corrected chi connectivity index (χ2v) is 3.92. The molecule has 0 radical (unpaired) electrons. The Kier molecular flexibility index (Phi) is 7.69. The Balaban J connectivity index is 4.23. The van der Waals surface area contributed by atoms with Crippen LogP contribution in [-0.2, 0) is 9.59 Å². The highest BCUT2D eigenvalue weighted by Gasteiger charge is 2.18. The topological polar surface area (TPSA) is 98.7 Å². The van der Waals surface area contributed by atoms with Crippen LogP contribution in [0, 0.1) is 0 Å². The van der Waals surface area contributed by atoms with E-state index < -0.39 is 17.9 Å². The molecule has 18 heavy (non-hydrogen) atoms. The Morgan fingerprint density at radius 1 is 1.28 bits per heavy atom. The maximum absolute atomic E-state index is 11.5. The van der Waals surface area contributed by atoms with Gasteiger partial charge in [0, 0.05) is 12.6 Å². The molecule has 0 aromatic carbocycles. The molecule has 7 heteroatoms. The van der Waals surface area contributed by atoms with E-state index in [2.05, 4.69) is 10.6 Å². The lowest BCUT2D eigenvalue weighted by Gasteiger charge is -2.25. The standard InChI is InChI=1S/C11H21N3O4/c1-4-12-11(18)13-9(15)7-14(5-2)8(3)6-10(16)17/h8H,4-7H2,1-3H3,(H,16,17)(H2,12,13,15,18). The molecule has 0 aliphatic rings. The van der Waals surface area contributed by atoms with Gasteiger partial charge in [0.15, 0.2) is 0 Å². The first-order chi connectivity index (χ1) is 8.40. The van der Waals surface area contributed by atoms with Crippen LogP contribution in [0.2, 0.25) is 0 Å². The van der Waals surface area contributed by atoms with E-state index in [9.17, 15) is 14.4 Å². The number of urea groups is 1. The molecule has 0 saturated heterocycles. The summed E-state index contributed by atoms with van der Waals surface area (Å²) in [6.45, 7) is 6.29. The van der Waals surface area contributed by atoms with Gasteiger partial charge >= 0.3 is 12.0 Å². The molecule has 3 N–H and O–H groups in total. The SMILES string of the molecule is CCNC(=O)NC(=O)CN(CC)C(C)CC(=O)O. The van der Waals surface area contributed by atoms with Gasteiger partial charge in [-0.05, 0) is 20.4 Å². The van der Waals surface area contributed by atoms with E-state index in [0.29, 0.717) is 13.1 Å². The summed E-state index contributed by atoms with van der Waals surface area (Å²) in [5, 5.41) is 13.3. The van der Waals surface area contributed by atoms with E-state index in [1.54, 1.807) is 18.7 Å². The monoisotopic (exact) mass is 259 g/mol. The summed E-state index contributed by atoms with van der Waals surface area (Å²) in [5.41, 5.74) is 0. The average molecular weight is 259 g/mol. The minimum Gasteiger partial charge on any atom is -0.481 e. The molecule has 0 fully saturated rings. The number of aliphatic carboxylic acids is 1. The van der Waals surface area contributed by atoms with Crippen LogP contribution in [0.4, 0.5) is 4.79 Å². The molecular formula is C11H21N3O4. The van der Waals surface area contributed by atoms with Gasteiger partial charge in [-0.25, -0.2) is 4.79 Å². The van der Waals surface area contributed by atoms with E-state index in [1.165, 1.54) is 0 Å². The summed E-state index contributed by atoms with van der Waals surface area (Å²) in [4.78, 5) is 34.9. The fraction of sp³-hybridized carbons (Fsp3) is 0.727. The van der Waals surface area contributed by atoms with Crippen LogP contribution in [0.25, 0.3) is 0 Å². The highest BCUT2D eigenvalue weighted by atomic mass is 16.4. The maximum atomic E-state index is 11.5. The predicted octanol–water partition coefficient (Wildman–Crippen LogP) is 0.0172. The van der Waals surface area contributed by atoms with Crippen LogP contribution < -0.4 is 10.6 Å². The Morgan fingerprint density at radius 3 is 2.33 bits per heavy atom. The molecule has 104 valence electrons. The number of hydrogen-bond acceptors (Lipinski definition) is 4. The Hall–Kier alpha value is -1.63. The third-order valence-corrected chi connectivity index (χ3v) is 2.44. The second kappa shape index (κ2) is 8.46. The van der Waals surface area contributed by atoms with Gasteiger partial charge in [-0.2, -0.15) is 0 Å². The van der Waals surface area contributed by atoms with Crippen molar-refractivity contribution < 1.29 is 19.5 Å². The largest absolute Gasteiger partial charge is 0.481 e. The number of imide groups is 1. The van der Waals surface area contributed by atoms with Crippen LogP contribution in [0.1, 0.15) is 27.2 Å². The van der Waals surface area contributed by atoms with Gasteiger partial charge in [0.05, 0.1) is 13.0 Å². The van der Waals surface area contributed by atoms with Gasteiger partial charge in [0.1, 0.15) is 0 Å². The van der Waals surface area contributed by atoms with Crippen LogP contribution in [-0.4, -0.2) is 53.6 Å². The number of nitrogens with zero attached hydrogens (tertiary/aromatic N) is 1. The predicted molar refractivity (Wildman–Crippen MR) is 66.2 cm³/mol. The molecule has 0 bridgehead atoms. The van der Waals surface area contributed by atoms with Crippen molar-refractivity contribution in [2.75, 3.05) is 19.6 Å². The minimum atomic E-state index is -0.912. The van der Waals surface area contributed by atoms with Crippen molar-refractivity contribution in [3.8, 4) is 0 Å². The van der Waals surface area contributed by atoms with Gasteiger partial charge in [0.2, 0.25) is 5.91 Å². The fourth-order valence-electron chi connectivity index (χ4n) is 1.52. The molecule has 0 rings (SSSR count). The van der Waals surface area contributed by atoms with Crippen molar-refractivity contribution in [3.63, 3.8) is 0 Å². The van der Waals surface area contributed by atoms with E-state index in [1.807, 2.05) is 6.92 Å². The third-order valence-electron chi connectivity index (χ3n) is 2.44. The quantitative estimate of drug-likeness (QED) is 0.598. The van der Waals surface area contributed by atoms with Gasteiger partial charge in [-0.3, -0.25) is 19.8 Å². The highest BCUT2D eigenvalue weighted by Crippen LogP contribution is 2.03. The van der Waals surface area contributed by atoms with Crippen LogP contribution >= 0.6 is 0 Å². The first kappa shape index (κ1) is 16.4. The Bertz CT molecular complexity index is 307. The zero-order chi connectivity index (χ0) is 14.1. The molecule has 0 spiro atoms. The van der Waals surface area contributed by atoms with E-state index in [0.717, 1.165) is 0 Å². The molecule has 7 nitrogen and oxygen atoms in total. The summed E-state index contributed by atoms with van der Waals surface area (Å²) in [7, 11) is 0. The van der Waals surface area contributed by atoms with Gasteiger partial charge in [-0.1, -0.05) is 6.92 Å². The molecule has 0 aromatic rings. The first-order valence-electron chi connectivity index (χ1n) is 5.94. The van der Waals surface area contributed by atoms with Crippen molar-refractivity contribution in [3.05, 3.63) is 0 Å². The molecule has 1 atom stereocenters. The van der Waals surface area contributed by atoms with Crippen molar-refractivity contribution in [2.24, 2.45) is 0 Å². The average Bonchev–Trinajstić information content (AvgIpc) is 2.24. The Labute approximate surface area is 107 Å². The number of carbonyl (C=O) groups excluding carboxylic acids is 2. The van der Waals surface area contributed by atoms with Crippen molar-refractivity contribution in [1.82, 2.24) is 15.5 Å². The minimum absolute atomic E-state index is 0.00206.